The number of amides is 2. The number of fused-ring (bicyclic) bond motifs is 1. The zero-order valence-corrected chi connectivity index (χ0v) is 16.9. The van der Waals surface area contributed by atoms with E-state index in [9.17, 15) is 4.79 Å². The van der Waals surface area contributed by atoms with Gasteiger partial charge in [-0.3, -0.25) is 5.32 Å². The molecule has 0 aliphatic heterocycles. The second-order valence-electron chi connectivity index (χ2n) is 6.80. The van der Waals surface area contributed by atoms with Crippen LogP contribution >= 0.6 is 0 Å². The van der Waals surface area contributed by atoms with Crippen LogP contribution in [0.1, 0.15) is 26.7 Å². The quantitative estimate of drug-likeness (QED) is 0.619. The van der Waals surface area contributed by atoms with Crippen molar-refractivity contribution in [3.63, 3.8) is 0 Å². The molecule has 0 saturated carbocycles. The smallest absolute Gasteiger partial charge is 0.320 e. The van der Waals surface area contributed by atoms with Crippen molar-refractivity contribution in [3.05, 3.63) is 12.5 Å². The zero-order valence-electron chi connectivity index (χ0n) is 16.9. The van der Waals surface area contributed by atoms with Gasteiger partial charge in [-0.2, -0.15) is 5.10 Å². The number of rotatable bonds is 11. The summed E-state index contributed by atoms with van der Waals surface area (Å²) in [6.45, 7) is 9.77. The fourth-order valence-electron chi connectivity index (χ4n) is 2.76. The van der Waals surface area contributed by atoms with Crippen molar-refractivity contribution in [2.75, 3.05) is 52.1 Å². The number of carbonyl (C=O) groups is 1. The van der Waals surface area contributed by atoms with Crippen molar-refractivity contribution in [3.8, 4) is 0 Å². The van der Waals surface area contributed by atoms with Crippen LogP contribution in [0.4, 0.5) is 10.6 Å². The van der Waals surface area contributed by atoms with Gasteiger partial charge < -0.3 is 15.1 Å². The molecule has 0 spiro atoms. The lowest BCUT2D eigenvalue weighted by Gasteiger charge is -2.22. The minimum Gasteiger partial charge on any atom is -0.338 e. The minimum absolute atomic E-state index is 0.260. The third kappa shape index (κ3) is 6.44. The number of aryl methyl sites for hydroxylation is 1. The first-order chi connectivity index (χ1) is 13.0. The number of nitrogens with zero attached hydrogens (tertiary/aromatic N) is 6. The number of carbonyl (C=O) groups excluding carboxylic acids is 1. The molecule has 0 bridgehead atoms. The second-order valence-corrected chi connectivity index (χ2v) is 6.80. The summed E-state index contributed by atoms with van der Waals surface area (Å²) in [4.78, 5) is 25.1. The highest BCUT2D eigenvalue weighted by Gasteiger charge is 2.12. The average molecular weight is 377 g/mol. The molecule has 27 heavy (non-hydrogen) atoms. The molecule has 2 N–H and O–H groups in total. The molecule has 9 nitrogen and oxygen atoms in total. The van der Waals surface area contributed by atoms with Crippen LogP contribution in [0.5, 0.6) is 0 Å². The number of aromatic nitrogens is 4. The normalized spacial score (nSPS) is 11.5. The highest BCUT2D eigenvalue weighted by molar-refractivity contribution is 5.97. The molecule has 2 amide bonds. The van der Waals surface area contributed by atoms with Crippen LogP contribution in [0.3, 0.4) is 0 Å². The monoisotopic (exact) mass is 376 g/mol. The number of anilines is 1. The Morgan fingerprint density at radius 3 is 2.70 bits per heavy atom. The zero-order chi connectivity index (χ0) is 19.6. The van der Waals surface area contributed by atoms with Crippen LogP contribution < -0.4 is 10.6 Å². The number of urea groups is 1. The molecule has 2 aromatic heterocycles. The Kier molecular flexibility index (Phi) is 8.41. The second kappa shape index (κ2) is 10.8. The lowest BCUT2D eigenvalue weighted by Crippen LogP contribution is -2.32. The van der Waals surface area contributed by atoms with Crippen LogP contribution in [-0.4, -0.2) is 82.4 Å². The van der Waals surface area contributed by atoms with E-state index in [0.29, 0.717) is 12.4 Å². The largest absolute Gasteiger partial charge is 0.338 e. The van der Waals surface area contributed by atoms with Gasteiger partial charge in [0.1, 0.15) is 12.1 Å². The van der Waals surface area contributed by atoms with Crippen LogP contribution in [0, 0.1) is 0 Å². The van der Waals surface area contributed by atoms with Gasteiger partial charge in [0, 0.05) is 26.2 Å². The van der Waals surface area contributed by atoms with E-state index in [4.69, 9.17) is 0 Å². The fourth-order valence-corrected chi connectivity index (χ4v) is 2.76. The maximum Gasteiger partial charge on any atom is 0.320 e. The number of hydrogen-bond acceptors (Lipinski definition) is 6. The van der Waals surface area contributed by atoms with E-state index in [1.807, 2.05) is 11.6 Å². The highest BCUT2D eigenvalue weighted by Crippen LogP contribution is 2.18. The molecule has 0 aromatic carbocycles. The van der Waals surface area contributed by atoms with E-state index in [-0.39, 0.29) is 6.03 Å². The standard InChI is InChI=1S/C18H32N8O/c1-5-8-19-18(27)23-16-15-13-22-26(17(15)21-14-20-16)10-7-9-25(6-2)12-11-24(3)4/h13-14H,5-12H2,1-4H3,(H2,19,20,21,23,27). The molecule has 0 aliphatic rings. The van der Waals surface area contributed by atoms with Gasteiger partial charge in [0.25, 0.3) is 0 Å². The van der Waals surface area contributed by atoms with E-state index < -0.39 is 0 Å². The van der Waals surface area contributed by atoms with Crippen LogP contribution in [-0.2, 0) is 6.54 Å². The average Bonchev–Trinajstić information content (AvgIpc) is 3.07. The van der Waals surface area contributed by atoms with Gasteiger partial charge in [-0.05, 0) is 40.0 Å². The third-order valence-electron chi connectivity index (χ3n) is 4.36. The van der Waals surface area contributed by atoms with Gasteiger partial charge in [-0.1, -0.05) is 13.8 Å². The molecule has 2 heterocycles. The summed E-state index contributed by atoms with van der Waals surface area (Å²) in [7, 11) is 4.19. The van der Waals surface area contributed by atoms with E-state index in [0.717, 1.165) is 56.6 Å². The highest BCUT2D eigenvalue weighted by atomic mass is 16.2. The predicted octanol–water partition coefficient (Wildman–Crippen LogP) is 1.63. The maximum absolute atomic E-state index is 11.9. The van der Waals surface area contributed by atoms with Gasteiger partial charge in [-0.15, -0.1) is 0 Å². The Labute approximate surface area is 161 Å². The van der Waals surface area contributed by atoms with Crippen molar-refractivity contribution in [1.82, 2.24) is 34.9 Å². The summed E-state index contributed by atoms with van der Waals surface area (Å²) in [5.41, 5.74) is 0.743. The Morgan fingerprint density at radius 1 is 1.19 bits per heavy atom. The molecule has 0 radical (unpaired) electrons. The van der Waals surface area contributed by atoms with Crippen molar-refractivity contribution in [1.29, 1.82) is 0 Å². The summed E-state index contributed by atoms with van der Waals surface area (Å²) in [5.74, 6) is 0.487. The van der Waals surface area contributed by atoms with E-state index in [1.54, 1.807) is 6.20 Å². The van der Waals surface area contributed by atoms with Gasteiger partial charge in [0.05, 0.1) is 11.6 Å². The fraction of sp³-hybridized carbons (Fsp3) is 0.667. The first kappa shape index (κ1) is 21.0. The van der Waals surface area contributed by atoms with Crippen molar-refractivity contribution in [2.45, 2.75) is 33.2 Å². The van der Waals surface area contributed by atoms with Gasteiger partial charge in [0.15, 0.2) is 5.65 Å². The lowest BCUT2D eigenvalue weighted by molar-refractivity contribution is 0.244. The van der Waals surface area contributed by atoms with Gasteiger partial charge >= 0.3 is 6.03 Å². The number of nitrogens with one attached hydrogen (secondary N) is 2. The predicted molar refractivity (Wildman–Crippen MR) is 108 cm³/mol. The van der Waals surface area contributed by atoms with E-state index in [2.05, 4.69) is 56.5 Å². The topological polar surface area (TPSA) is 91.2 Å². The molecule has 9 heteroatoms. The molecular formula is C18H32N8O. The van der Waals surface area contributed by atoms with Crippen LogP contribution in [0.15, 0.2) is 12.5 Å². The molecule has 2 rings (SSSR count). The molecule has 2 aromatic rings. The van der Waals surface area contributed by atoms with E-state index in [1.165, 1.54) is 6.33 Å². The number of hydrogen-bond donors (Lipinski definition) is 2. The lowest BCUT2D eigenvalue weighted by atomic mass is 10.3. The van der Waals surface area contributed by atoms with Crippen molar-refractivity contribution < 1.29 is 4.79 Å². The first-order valence-corrected chi connectivity index (χ1v) is 9.63. The molecular weight excluding hydrogens is 344 g/mol. The summed E-state index contributed by atoms with van der Waals surface area (Å²) >= 11 is 0. The molecule has 0 saturated heterocycles. The molecule has 0 aliphatic carbocycles. The Bertz CT molecular complexity index is 714. The molecule has 0 unspecified atom stereocenters. The third-order valence-corrected chi connectivity index (χ3v) is 4.36. The summed E-state index contributed by atoms with van der Waals surface area (Å²) < 4.78 is 1.88. The Morgan fingerprint density at radius 2 is 2.00 bits per heavy atom. The minimum atomic E-state index is -0.260. The summed E-state index contributed by atoms with van der Waals surface area (Å²) in [5, 5.41) is 10.7. The van der Waals surface area contributed by atoms with E-state index >= 15 is 0 Å². The van der Waals surface area contributed by atoms with Crippen LogP contribution in [0.25, 0.3) is 11.0 Å². The summed E-state index contributed by atoms with van der Waals surface area (Å²) in [6, 6.07) is -0.260. The SMILES string of the molecule is CCCNC(=O)Nc1ncnc2c1cnn2CCCN(CC)CCN(C)C. The number of likely N-dealkylation sites (N-methyl/N-ethyl adjacent to an activating group) is 2. The molecule has 0 atom stereocenters. The van der Waals surface area contributed by atoms with Gasteiger partial charge in [-0.25, -0.2) is 19.4 Å². The maximum atomic E-state index is 11.9. The van der Waals surface area contributed by atoms with Crippen molar-refractivity contribution in [2.24, 2.45) is 0 Å². The molecule has 0 fully saturated rings. The Hall–Kier alpha value is -2.26. The Balaban J connectivity index is 1.95. The van der Waals surface area contributed by atoms with Crippen LogP contribution in [0.2, 0.25) is 0 Å². The molecule has 150 valence electrons. The first-order valence-electron chi connectivity index (χ1n) is 9.63. The summed E-state index contributed by atoms with van der Waals surface area (Å²) in [6.07, 6.45) is 5.05. The van der Waals surface area contributed by atoms with Crippen molar-refractivity contribution >= 4 is 22.9 Å². The van der Waals surface area contributed by atoms with Gasteiger partial charge in [0.2, 0.25) is 0 Å².